The second kappa shape index (κ2) is 7.14. The molecule has 26 heavy (non-hydrogen) atoms. The maximum absolute atomic E-state index is 13.5. The first-order valence-electron chi connectivity index (χ1n) is 7.67. The lowest BCUT2D eigenvalue weighted by molar-refractivity contribution is 0.0950. The monoisotopic (exact) mass is 354 g/mol. The summed E-state index contributed by atoms with van der Waals surface area (Å²) in [5.41, 5.74) is 3.10. The highest BCUT2D eigenvalue weighted by Crippen LogP contribution is 2.18. The van der Waals surface area contributed by atoms with Gasteiger partial charge in [0.05, 0.1) is 18.2 Å². The molecule has 0 spiro atoms. The van der Waals surface area contributed by atoms with Crippen molar-refractivity contribution in [2.24, 2.45) is 5.10 Å². The third-order valence-corrected chi connectivity index (χ3v) is 3.81. The molecule has 1 heterocycles. The Labute approximate surface area is 147 Å². The van der Waals surface area contributed by atoms with Crippen LogP contribution in [0, 0.1) is 5.82 Å². The van der Waals surface area contributed by atoms with Crippen LogP contribution in [0.1, 0.15) is 23.0 Å². The van der Waals surface area contributed by atoms with Crippen molar-refractivity contribution in [1.82, 2.24) is 15.6 Å². The van der Waals surface area contributed by atoms with Crippen LogP contribution in [-0.2, 0) is 0 Å². The predicted molar refractivity (Wildman–Crippen MR) is 95.0 cm³/mol. The van der Waals surface area contributed by atoms with E-state index in [1.54, 1.807) is 31.2 Å². The second-order valence-corrected chi connectivity index (χ2v) is 5.43. The molecule has 3 aromatic rings. The van der Waals surface area contributed by atoms with E-state index >= 15 is 0 Å². The first-order valence-corrected chi connectivity index (χ1v) is 7.67. The highest BCUT2D eigenvalue weighted by atomic mass is 19.1. The van der Waals surface area contributed by atoms with E-state index in [-0.39, 0.29) is 17.0 Å². The minimum atomic E-state index is -0.578. The maximum atomic E-state index is 13.5. The van der Waals surface area contributed by atoms with Crippen molar-refractivity contribution in [3.05, 3.63) is 69.9 Å². The molecular formula is C18H15FN4O3. The Morgan fingerprint density at radius 1 is 1.23 bits per heavy atom. The normalized spacial score (nSPS) is 11.4. The third-order valence-electron chi connectivity index (χ3n) is 3.81. The van der Waals surface area contributed by atoms with E-state index < -0.39 is 11.7 Å². The fourth-order valence-electron chi connectivity index (χ4n) is 2.42. The summed E-state index contributed by atoms with van der Waals surface area (Å²) in [6, 6.07) is 10.9. The topological polar surface area (TPSA) is 96.4 Å². The van der Waals surface area contributed by atoms with Crippen molar-refractivity contribution in [3.63, 3.8) is 0 Å². The molecule has 0 unspecified atom stereocenters. The van der Waals surface area contributed by atoms with Crippen molar-refractivity contribution >= 4 is 22.4 Å². The number of carbonyl (C=O) groups is 1. The van der Waals surface area contributed by atoms with Gasteiger partial charge in [-0.3, -0.25) is 9.59 Å². The van der Waals surface area contributed by atoms with Crippen LogP contribution in [0.5, 0.6) is 5.75 Å². The van der Waals surface area contributed by atoms with Crippen LogP contribution in [0.4, 0.5) is 4.39 Å². The number of ether oxygens (including phenoxy) is 1. The number of hydrogen-bond donors (Lipinski definition) is 2. The Hall–Kier alpha value is -3.55. The lowest BCUT2D eigenvalue weighted by Crippen LogP contribution is -2.23. The SMILES string of the molecule is COc1cc(/C(C)=N/NC(=O)c2n[nH]c(=O)c3ccccc23)ccc1F. The van der Waals surface area contributed by atoms with E-state index in [1.807, 2.05) is 0 Å². The van der Waals surface area contributed by atoms with Gasteiger partial charge in [-0.2, -0.15) is 10.2 Å². The zero-order valence-electron chi connectivity index (χ0n) is 14.0. The highest BCUT2D eigenvalue weighted by Gasteiger charge is 2.14. The maximum Gasteiger partial charge on any atom is 0.292 e. The van der Waals surface area contributed by atoms with E-state index in [2.05, 4.69) is 20.7 Å². The first-order chi connectivity index (χ1) is 12.5. The Kier molecular flexibility index (Phi) is 4.74. The second-order valence-electron chi connectivity index (χ2n) is 5.43. The largest absolute Gasteiger partial charge is 0.494 e. The number of nitrogens with one attached hydrogen (secondary N) is 2. The number of amides is 1. The predicted octanol–water partition coefficient (Wildman–Crippen LogP) is 2.22. The number of fused-ring (bicyclic) bond motifs is 1. The summed E-state index contributed by atoms with van der Waals surface area (Å²) in [7, 11) is 1.36. The Morgan fingerprint density at radius 2 is 1.96 bits per heavy atom. The van der Waals surface area contributed by atoms with E-state index in [0.717, 1.165) is 0 Å². The molecule has 1 aromatic heterocycles. The summed E-state index contributed by atoms with van der Waals surface area (Å²) in [6.07, 6.45) is 0. The van der Waals surface area contributed by atoms with Gasteiger partial charge in [-0.15, -0.1) is 0 Å². The molecule has 132 valence electrons. The van der Waals surface area contributed by atoms with Crippen molar-refractivity contribution in [3.8, 4) is 5.75 Å². The molecule has 0 aliphatic heterocycles. The Balaban J connectivity index is 1.88. The number of halogens is 1. The van der Waals surface area contributed by atoms with Gasteiger partial charge in [0.2, 0.25) is 0 Å². The van der Waals surface area contributed by atoms with Gasteiger partial charge in [-0.05, 0) is 31.2 Å². The van der Waals surface area contributed by atoms with E-state index in [4.69, 9.17) is 4.74 Å². The summed E-state index contributed by atoms with van der Waals surface area (Å²) in [5.74, 6) is -0.987. The average Bonchev–Trinajstić information content (AvgIpc) is 2.66. The van der Waals surface area contributed by atoms with Gasteiger partial charge < -0.3 is 4.74 Å². The Morgan fingerprint density at radius 3 is 2.69 bits per heavy atom. The molecule has 1 amide bonds. The van der Waals surface area contributed by atoms with Crippen LogP contribution in [-0.4, -0.2) is 28.9 Å². The molecule has 8 heteroatoms. The highest BCUT2D eigenvalue weighted by molar-refractivity contribution is 6.06. The van der Waals surface area contributed by atoms with Crippen molar-refractivity contribution in [1.29, 1.82) is 0 Å². The van der Waals surface area contributed by atoms with Crippen molar-refractivity contribution in [2.45, 2.75) is 6.92 Å². The molecule has 2 N–H and O–H groups in total. The lowest BCUT2D eigenvalue weighted by atomic mass is 10.1. The number of hydrogen-bond acceptors (Lipinski definition) is 5. The summed E-state index contributed by atoms with van der Waals surface area (Å²) in [4.78, 5) is 24.2. The average molecular weight is 354 g/mol. The number of H-pyrrole nitrogens is 1. The molecular weight excluding hydrogens is 339 g/mol. The zero-order chi connectivity index (χ0) is 18.7. The van der Waals surface area contributed by atoms with E-state index in [1.165, 1.54) is 25.3 Å². The number of methoxy groups -OCH3 is 1. The number of aromatic nitrogens is 2. The fraction of sp³-hybridized carbons (Fsp3) is 0.111. The summed E-state index contributed by atoms with van der Waals surface area (Å²) in [5, 5.41) is 10.9. The summed E-state index contributed by atoms with van der Waals surface area (Å²) in [6.45, 7) is 1.66. The molecule has 0 fully saturated rings. The molecule has 7 nitrogen and oxygen atoms in total. The van der Waals surface area contributed by atoms with Crippen LogP contribution in [0.25, 0.3) is 10.8 Å². The quantitative estimate of drug-likeness (QED) is 0.555. The van der Waals surface area contributed by atoms with Crippen LogP contribution < -0.4 is 15.7 Å². The van der Waals surface area contributed by atoms with E-state index in [9.17, 15) is 14.0 Å². The molecule has 0 atom stereocenters. The molecule has 0 radical (unpaired) electrons. The van der Waals surface area contributed by atoms with Crippen LogP contribution in [0.3, 0.4) is 0 Å². The van der Waals surface area contributed by atoms with Gasteiger partial charge in [0.15, 0.2) is 17.3 Å². The third kappa shape index (κ3) is 3.30. The minimum absolute atomic E-state index is 0.0495. The first kappa shape index (κ1) is 17.3. The smallest absolute Gasteiger partial charge is 0.292 e. The molecule has 3 rings (SSSR count). The molecule has 0 aliphatic rings. The van der Waals surface area contributed by atoms with Gasteiger partial charge in [0.25, 0.3) is 11.5 Å². The number of aromatic amines is 1. The van der Waals surface area contributed by atoms with Gasteiger partial charge in [0.1, 0.15) is 0 Å². The number of nitrogens with zero attached hydrogens (tertiary/aromatic N) is 2. The van der Waals surface area contributed by atoms with Crippen LogP contribution in [0.15, 0.2) is 52.4 Å². The van der Waals surface area contributed by atoms with Crippen LogP contribution >= 0.6 is 0 Å². The molecule has 0 saturated carbocycles. The van der Waals surface area contributed by atoms with Crippen molar-refractivity contribution in [2.75, 3.05) is 7.11 Å². The summed E-state index contributed by atoms with van der Waals surface area (Å²) >= 11 is 0. The number of carbonyl (C=O) groups excluding carboxylic acids is 1. The van der Waals surface area contributed by atoms with E-state index in [0.29, 0.717) is 22.0 Å². The van der Waals surface area contributed by atoms with Gasteiger partial charge >= 0.3 is 0 Å². The molecule has 2 aromatic carbocycles. The lowest BCUT2D eigenvalue weighted by Gasteiger charge is -2.07. The zero-order valence-corrected chi connectivity index (χ0v) is 14.0. The summed E-state index contributed by atoms with van der Waals surface area (Å²) < 4.78 is 18.4. The van der Waals surface area contributed by atoms with Gasteiger partial charge in [0, 0.05) is 10.9 Å². The number of benzene rings is 2. The number of hydrazone groups is 1. The van der Waals surface area contributed by atoms with Crippen molar-refractivity contribution < 1.29 is 13.9 Å². The van der Waals surface area contributed by atoms with Crippen LogP contribution in [0.2, 0.25) is 0 Å². The molecule has 0 aliphatic carbocycles. The molecule has 0 saturated heterocycles. The number of rotatable bonds is 4. The fourth-order valence-corrected chi connectivity index (χ4v) is 2.42. The van der Waals surface area contributed by atoms with Gasteiger partial charge in [-0.25, -0.2) is 14.9 Å². The van der Waals surface area contributed by atoms with Gasteiger partial charge in [-0.1, -0.05) is 18.2 Å². The standard InChI is InChI=1S/C18H15FN4O3/c1-10(11-7-8-14(19)15(9-11)26-2)20-23-18(25)16-12-5-3-4-6-13(12)17(24)22-21-16/h3-9H,1-2H3,(H,22,24)(H,23,25)/b20-10+. The Bertz CT molecular complexity index is 1080. The molecule has 0 bridgehead atoms. The minimum Gasteiger partial charge on any atom is -0.494 e.